The molecule has 0 atom stereocenters. The fourth-order valence-electron chi connectivity index (χ4n) is 1.42. The summed E-state index contributed by atoms with van der Waals surface area (Å²) in [6.07, 6.45) is 0. The summed E-state index contributed by atoms with van der Waals surface area (Å²) in [6, 6.07) is 16.1. The molecule has 76 valence electrons. The minimum atomic E-state index is 0.881. The summed E-state index contributed by atoms with van der Waals surface area (Å²) in [5, 5.41) is 0. The van der Waals surface area contributed by atoms with Gasteiger partial charge in [0.1, 0.15) is 11.5 Å². The van der Waals surface area contributed by atoms with E-state index in [0.717, 1.165) is 11.5 Å². The summed E-state index contributed by atoms with van der Waals surface area (Å²) in [5.74, 6) is 1.77. The standard InChI is InChI=1S/C14H14O/c1-11-6-8-13(9-7-11)15-14-5-3-4-12(2)10-14/h3-10H,1-2H3. The minimum Gasteiger partial charge on any atom is -0.457 e. The third-order valence-corrected chi connectivity index (χ3v) is 2.25. The summed E-state index contributed by atoms with van der Waals surface area (Å²) >= 11 is 0. The van der Waals surface area contributed by atoms with Crippen LogP contribution in [0.4, 0.5) is 0 Å². The van der Waals surface area contributed by atoms with Gasteiger partial charge in [-0.15, -0.1) is 0 Å². The van der Waals surface area contributed by atoms with Crippen molar-refractivity contribution in [3.63, 3.8) is 0 Å². The van der Waals surface area contributed by atoms with Gasteiger partial charge in [0.2, 0.25) is 0 Å². The van der Waals surface area contributed by atoms with Crippen LogP contribution in [0.25, 0.3) is 0 Å². The van der Waals surface area contributed by atoms with E-state index in [2.05, 4.69) is 19.9 Å². The smallest absolute Gasteiger partial charge is 0.127 e. The zero-order valence-electron chi connectivity index (χ0n) is 9.03. The molecule has 0 radical (unpaired) electrons. The zero-order valence-corrected chi connectivity index (χ0v) is 9.03. The molecule has 0 spiro atoms. The van der Waals surface area contributed by atoms with E-state index in [1.165, 1.54) is 11.1 Å². The Hall–Kier alpha value is -1.76. The van der Waals surface area contributed by atoms with E-state index in [1.54, 1.807) is 0 Å². The van der Waals surface area contributed by atoms with Crippen LogP contribution < -0.4 is 4.74 Å². The summed E-state index contributed by atoms with van der Waals surface area (Å²) < 4.78 is 5.71. The number of hydrogen-bond donors (Lipinski definition) is 0. The lowest BCUT2D eigenvalue weighted by Gasteiger charge is -2.06. The SMILES string of the molecule is Cc1ccc(Oc2cccc(C)c2)cc1. The molecule has 2 rings (SSSR count). The predicted octanol–water partition coefficient (Wildman–Crippen LogP) is 4.10. The summed E-state index contributed by atoms with van der Waals surface area (Å²) in [6.45, 7) is 4.12. The topological polar surface area (TPSA) is 9.23 Å². The summed E-state index contributed by atoms with van der Waals surface area (Å²) in [5.41, 5.74) is 2.45. The highest BCUT2D eigenvalue weighted by Gasteiger charge is 1.96. The van der Waals surface area contributed by atoms with Gasteiger partial charge in [-0.05, 0) is 43.7 Å². The molecule has 0 amide bonds. The molecule has 1 nitrogen and oxygen atoms in total. The number of rotatable bonds is 2. The molecular weight excluding hydrogens is 184 g/mol. The molecule has 2 aromatic rings. The Morgan fingerprint density at radius 3 is 2.13 bits per heavy atom. The van der Waals surface area contributed by atoms with E-state index >= 15 is 0 Å². The normalized spacial score (nSPS) is 10.0. The van der Waals surface area contributed by atoms with Crippen LogP contribution in [0.3, 0.4) is 0 Å². The van der Waals surface area contributed by atoms with E-state index in [4.69, 9.17) is 4.74 Å². The minimum absolute atomic E-state index is 0.881. The van der Waals surface area contributed by atoms with E-state index in [0.29, 0.717) is 0 Å². The average Bonchev–Trinajstić information content (AvgIpc) is 2.22. The molecule has 0 N–H and O–H groups in total. The Morgan fingerprint density at radius 1 is 0.733 bits per heavy atom. The van der Waals surface area contributed by atoms with Gasteiger partial charge in [0, 0.05) is 0 Å². The van der Waals surface area contributed by atoms with Crippen molar-refractivity contribution < 1.29 is 4.74 Å². The van der Waals surface area contributed by atoms with Crippen molar-refractivity contribution in [2.75, 3.05) is 0 Å². The highest BCUT2D eigenvalue weighted by molar-refractivity contribution is 5.34. The van der Waals surface area contributed by atoms with Crippen LogP contribution in [0.5, 0.6) is 11.5 Å². The van der Waals surface area contributed by atoms with Crippen molar-refractivity contribution in [3.8, 4) is 11.5 Å². The van der Waals surface area contributed by atoms with Gasteiger partial charge in [-0.1, -0.05) is 29.8 Å². The highest BCUT2D eigenvalue weighted by Crippen LogP contribution is 2.22. The molecule has 0 aliphatic carbocycles. The molecule has 0 unspecified atom stereocenters. The van der Waals surface area contributed by atoms with Gasteiger partial charge >= 0.3 is 0 Å². The second kappa shape index (κ2) is 4.18. The van der Waals surface area contributed by atoms with E-state index in [-0.39, 0.29) is 0 Å². The van der Waals surface area contributed by atoms with Gasteiger partial charge in [0.15, 0.2) is 0 Å². The molecule has 0 aliphatic heterocycles. The van der Waals surface area contributed by atoms with Gasteiger partial charge in [-0.25, -0.2) is 0 Å². The zero-order chi connectivity index (χ0) is 10.7. The lowest BCUT2D eigenvalue weighted by Crippen LogP contribution is -1.84. The van der Waals surface area contributed by atoms with E-state index in [9.17, 15) is 0 Å². The Bertz CT molecular complexity index is 443. The van der Waals surface area contributed by atoms with Gasteiger partial charge in [-0.2, -0.15) is 0 Å². The van der Waals surface area contributed by atoms with Crippen LogP contribution in [-0.2, 0) is 0 Å². The molecule has 0 aromatic heterocycles. The van der Waals surface area contributed by atoms with Crippen molar-refractivity contribution in [2.24, 2.45) is 0 Å². The quantitative estimate of drug-likeness (QED) is 0.706. The van der Waals surface area contributed by atoms with Crippen molar-refractivity contribution in [2.45, 2.75) is 13.8 Å². The first-order valence-corrected chi connectivity index (χ1v) is 5.05. The molecule has 0 saturated heterocycles. The lowest BCUT2D eigenvalue weighted by atomic mass is 10.2. The first-order valence-electron chi connectivity index (χ1n) is 5.05. The third-order valence-electron chi connectivity index (χ3n) is 2.25. The van der Waals surface area contributed by atoms with Gasteiger partial charge in [0.05, 0.1) is 0 Å². The van der Waals surface area contributed by atoms with Crippen molar-refractivity contribution in [3.05, 3.63) is 59.7 Å². The van der Waals surface area contributed by atoms with Gasteiger partial charge in [0.25, 0.3) is 0 Å². The molecule has 0 aliphatic rings. The molecule has 2 aromatic carbocycles. The summed E-state index contributed by atoms with van der Waals surface area (Å²) in [4.78, 5) is 0. The van der Waals surface area contributed by atoms with Crippen LogP contribution >= 0.6 is 0 Å². The van der Waals surface area contributed by atoms with Crippen LogP contribution in [0.15, 0.2) is 48.5 Å². The molecule has 0 bridgehead atoms. The van der Waals surface area contributed by atoms with E-state index < -0.39 is 0 Å². The fraction of sp³-hybridized carbons (Fsp3) is 0.143. The second-order valence-electron chi connectivity index (χ2n) is 3.73. The molecule has 0 saturated carbocycles. The predicted molar refractivity (Wildman–Crippen MR) is 62.4 cm³/mol. The number of hydrogen-bond acceptors (Lipinski definition) is 1. The Labute approximate surface area is 90.3 Å². The maximum Gasteiger partial charge on any atom is 0.127 e. The highest BCUT2D eigenvalue weighted by atomic mass is 16.5. The van der Waals surface area contributed by atoms with Crippen LogP contribution in [-0.4, -0.2) is 0 Å². The van der Waals surface area contributed by atoms with Crippen LogP contribution in [0.1, 0.15) is 11.1 Å². The monoisotopic (exact) mass is 198 g/mol. The fourth-order valence-corrected chi connectivity index (χ4v) is 1.42. The van der Waals surface area contributed by atoms with Crippen LogP contribution in [0, 0.1) is 13.8 Å². The molecule has 0 heterocycles. The maximum absolute atomic E-state index is 5.71. The average molecular weight is 198 g/mol. The van der Waals surface area contributed by atoms with Crippen molar-refractivity contribution in [1.29, 1.82) is 0 Å². The number of ether oxygens (including phenoxy) is 1. The van der Waals surface area contributed by atoms with Gasteiger partial charge in [-0.3, -0.25) is 0 Å². The van der Waals surface area contributed by atoms with Gasteiger partial charge < -0.3 is 4.74 Å². The number of aryl methyl sites for hydroxylation is 2. The maximum atomic E-state index is 5.71. The van der Waals surface area contributed by atoms with Crippen molar-refractivity contribution in [1.82, 2.24) is 0 Å². The van der Waals surface area contributed by atoms with Crippen LogP contribution in [0.2, 0.25) is 0 Å². The largest absolute Gasteiger partial charge is 0.457 e. The summed E-state index contributed by atoms with van der Waals surface area (Å²) in [7, 11) is 0. The lowest BCUT2D eigenvalue weighted by molar-refractivity contribution is 0.482. The molecule has 15 heavy (non-hydrogen) atoms. The Morgan fingerprint density at radius 2 is 1.47 bits per heavy atom. The first-order chi connectivity index (χ1) is 7.24. The number of benzene rings is 2. The first kappa shape index (κ1) is 9.78. The molecule has 0 fully saturated rings. The van der Waals surface area contributed by atoms with E-state index in [1.807, 2.05) is 42.5 Å². The second-order valence-corrected chi connectivity index (χ2v) is 3.73. The van der Waals surface area contributed by atoms with Crippen molar-refractivity contribution >= 4 is 0 Å². The Kier molecular flexibility index (Phi) is 2.72. The molecule has 1 heteroatoms. The third kappa shape index (κ3) is 2.59. The Balaban J connectivity index is 2.18. The molecular formula is C14H14O.